The third kappa shape index (κ3) is 5.38. The van der Waals surface area contributed by atoms with E-state index in [2.05, 4.69) is 13.5 Å². The Morgan fingerprint density at radius 3 is 2.62 bits per heavy atom. The highest BCUT2D eigenvalue weighted by Crippen LogP contribution is 2.03. The van der Waals surface area contributed by atoms with Crippen LogP contribution in [-0.4, -0.2) is 30.6 Å². The summed E-state index contributed by atoms with van der Waals surface area (Å²) in [4.78, 5) is 11.0. The highest BCUT2D eigenvalue weighted by atomic mass is 16.7. The molecule has 0 aliphatic heterocycles. The van der Waals surface area contributed by atoms with Gasteiger partial charge in [0.05, 0.1) is 13.2 Å². The van der Waals surface area contributed by atoms with Crippen LogP contribution in [-0.2, 0) is 14.3 Å². The first-order valence-corrected chi connectivity index (χ1v) is 4.00. The summed E-state index contributed by atoms with van der Waals surface area (Å²) in [5.74, 6) is -0.508. The van der Waals surface area contributed by atoms with Crippen molar-refractivity contribution in [3.05, 3.63) is 19.1 Å². The Labute approximate surface area is 78.2 Å². The fourth-order valence-corrected chi connectivity index (χ4v) is 0.580. The van der Waals surface area contributed by atoms with Crippen LogP contribution in [0, 0.1) is 6.92 Å². The number of aliphatic hydroxyl groups is 1. The van der Waals surface area contributed by atoms with Gasteiger partial charge in [-0.2, -0.15) is 0 Å². The van der Waals surface area contributed by atoms with Gasteiger partial charge in [0, 0.05) is 12.0 Å². The second kappa shape index (κ2) is 6.62. The molecule has 0 aromatic rings. The van der Waals surface area contributed by atoms with Gasteiger partial charge in [-0.05, 0) is 13.8 Å². The van der Waals surface area contributed by atoms with Gasteiger partial charge in [0.2, 0.25) is 6.29 Å². The molecule has 0 aromatic carbocycles. The lowest BCUT2D eigenvalue weighted by Crippen LogP contribution is -2.22. The van der Waals surface area contributed by atoms with Gasteiger partial charge in [0.25, 0.3) is 0 Å². The molecule has 0 fully saturated rings. The van der Waals surface area contributed by atoms with Crippen molar-refractivity contribution in [2.75, 3.05) is 13.2 Å². The van der Waals surface area contributed by atoms with E-state index in [1.807, 2.05) is 0 Å². The number of carbonyl (C=O) groups is 1. The summed E-state index contributed by atoms with van der Waals surface area (Å²) in [5, 5.41) is 8.45. The number of hydrogen-bond acceptors (Lipinski definition) is 4. The molecular weight excluding hydrogens is 172 g/mol. The Kier molecular flexibility index (Phi) is 6.18. The smallest absolute Gasteiger partial charge is 0.335 e. The molecule has 0 bridgehead atoms. The van der Waals surface area contributed by atoms with Crippen molar-refractivity contribution < 1.29 is 19.4 Å². The van der Waals surface area contributed by atoms with Crippen LogP contribution in [0.5, 0.6) is 0 Å². The standard InChI is InChI=1S/C9H15O4/c1-4-8(12-6-5-10)13-9(11)7(2)3/h8,10H,1-2,4-6H2,3H3. The lowest BCUT2D eigenvalue weighted by Gasteiger charge is -2.15. The first-order valence-electron chi connectivity index (χ1n) is 4.00. The third-order valence-electron chi connectivity index (χ3n) is 1.22. The molecule has 1 N–H and O–H groups in total. The zero-order valence-electron chi connectivity index (χ0n) is 7.78. The Morgan fingerprint density at radius 1 is 1.62 bits per heavy atom. The van der Waals surface area contributed by atoms with Gasteiger partial charge in [-0.3, -0.25) is 0 Å². The van der Waals surface area contributed by atoms with E-state index in [0.717, 1.165) is 0 Å². The van der Waals surface area contributed by atoms with Gasteiger partial charge >= 0.3 is 5.97 Å². The summed E-state index contributed by atoms with van der Waals surface area (Å²) < 4.78 is 9.79. The fraction of sp³-hybridized carbons (Fsp3) is 0.556. The Hall–Kier alpha value is -0.870. The summed E-state index contributed by atoms with van der Waals surface area (Å²) in [5.41, 5.74) is 0.311. The maximum atomic E-state index is 11.0. The van der Waals surface area contributed by atoms with Gasteiger partial charge in [-0.1, -0.05) is 6.58 Å². The van der Waals surface area contributed by atoms with E-state index in [4.69, 9.17) is 14.6 Å². The second-order valence-electron chi connectivity index (χ2n) is 2.50. The van der Waals surface area contributed by atoms with Crippen molar-refractivity contribution >= 4 is 5.97 Å². The zero-order valence-corrected chi connectivity index (χ0v) is 7.78. The maximum absolute atomic E-state index is 11.0. The van der Waals surface area contributed by atoms with E-state index in [-0.39, 0.29) is 13.2 Å². The topological polar surface area (TPSA) is 55.8 Å². The highest BCUT2D eigenvalue weighted by Gasteiger charge is 2.12. The zero-order chi connectivity index (χ0) is 10.3. The Balaban J connectivity index is 3.83. The maximum Gasteiger partial charge on any atom is 0.335 e. The minimum Gasteiger partial charge on any atom is -0.432 e. The normalized spacial score (nSPS) is 12.2. The summed E-state index contributed by atoms with van der Waals surface area (Å²) >= 11 is 0. The average Bonchev–Trinajstić information content (AvgIpc) is 2.11. The molecule has 75 valence electrons. The van der Waals surface area contributed by atoms with Crippen molar-refractivity contribution in [2.24, 2.45) is 0 Å². The van der Waals surface area contributed by atoms with Crippen LogP contribution in [0.15, 0.2) is 12.2 Å². The average molecular weight is 187 g/mol. The fourth-order valence-electron chi connectivity index (χ4n) is 0.580. The predicted molar refractivity (Wildman–Crippen MR) is 47.7 cm³/mol. The van der Waals surface area contributed by atoms with Crippen LogP contribution < -0.4 is 0 Å². The number of carbonyl (C=O) groups excluding carboxylic acids is 1. The van der Waals surface area contributed by atoms with Crippen molar-refractivity contribution in [1.29, 1.82) is 0 Å². The van der Waals surface area contributed by atoms with Crippen LogP contribution in [0.4, 0.5) is 0 Å². The molecule has 0 amide bonds. The van der Waals surface area contributed by atoms with E-state index in [9.17, 15) is 4.79 Å². The molecule has 1 atom stereocenters. The van der Waals surface area contributed by atoms with E-state index in [1.54, 1.807) is 6.92 Å². The largest absolute Gasteiger partial charge is 0.432 e. The van der Waals surface area contributed by atoms with E-state index < -0.39 is 12.3 Å². The second-order valence-corrected chi connectivity index (χ2v) is 2.50. The number of ether oxygens (including phenoxy) is 2. The first kappa shape index (κ1) is 12.1. The van der Waals surface area contributed by atoms with Crippen LogP contribution in [0.3, 0.4) is 0 Å². The van der Waals surface area contributed by atoms with E-state index in [1.165, 1.54) is 0 Å². The number of esters is 1. The quantitative estimate of drug-likeness (QED) is 0.377. The summed E-state index contributed by atoms with van der Waals surface area (Å²) in [6.07, 6.45) is -0.393. The van der Waals surface area contributed by atoms with Gasteiger partial charge < -0.3 is 14.6 Å². The molecule has 1 unspecified atom stereocenters. The van der Waals surface area contributed by atoms with Crippen LogP contribution in [0.25, 0.3) is 0 Å². The lowest BCUT2D eigenvalue weighted by atomic mass is 10.3. The Morgan fingerprint density at radius 2 is 2.23 bits per heavy atom. The molecule has 0 saturated heterocycles. The van der Waals surface area contributed by atoms with Gasteiger partial charge in [0.15, 0.2) is 0 Å². The minimum atomic E-state index is -0.698. The van der Waals surface area contributed by atoms with E-state index in [0.29, 0.717) is 12.0 Å². The van der Waals surface area contributed by atoms with Crippen molar-refractivity contribution in [1.82, 2.24) is 0 Å². The van der Waals surface area contributed by atoms with Gasteiger partial charge in [-0.15, -0.1) is 0 Å². The van der Waals surface area contributed by atoms with Crippen LogP contribution >= 0.6 is 0 Å². The molecule has 0 aliphatic carbocycles. The molecule has 0 spiro atoms. The van der Waals surface area contributed by atoms with Gasteiger partial charge in [0.1, 0.15) is 0 Å². The predicted octanol–water partition coefficient (Wildman–Crippen LogP) is 0.665. The monoisotopic (exact) mass is 187 g/mol. The van der Waals surface area contributed by atoms with Crippen molar-refractivity contribution in [2.45, 2.75) is 19.6 Å². The molecule has 13 heavy (non-hydrogen) atoms. The molecular formula is C9H15O4. The SMILES string of the molecule is [CH2]CC(OCCO)OC(=O)C(=C)C. The van der Waals surface area contributed by atoms with Gasteiger partial charge in [-0.25, -0.2) is 4.79 Å². The molecule has 0 heterocycles. The van der Waals surface area contributed by atoms with Crippen LogP contribution in [0.2, 0.25) is 0 Å². The van der Waals surface area contributed by atoms with E-state index >= 15 is 0 Å². The first-order chi connectivity index (χ1) is 6.11. The third-order valence-corrected chi connectivity index (χ3v) is 1.22. The molecule has 0 aliphatic rings. The molecule has 0 rings (SSSR count). The molecule has 4 nitrogen and oxygen atoms in total. The molecule has 4 heteroatoms. The molecule has 0 saturated carbocycles. The lowest BCUT2D eigenvalue weighted by molar-refractivity contribution is -0.175. The highest BCUT2D eigenvalue weighted by molar-refractivity contribution is 5.86. The molecule has 0 aromatic heterocycles. The number of rotatable bonds is 6. The van der Waals surface area contributed by atoms with Crippen molar-refractivity contribution in [3.8, 4) is 0 Å². The summed E-state index contributed by atoms with van der Waals surface area (Å²) in [7, 11) is 0. The summed E-state index contributed by atoms with van der Waals surface area (Å²) in [6, 6.07) is 0. The van der Waals surface area contributed by atoms with Crippen LogP contribution in [0.1, 0.15) is 13.3 Å². The Bertz CT molecular complexity index is 176. The number of hydrogen-bond donors (Lipinski definition) is 1. The van der Waals surface area contributed by atoms with Crippen molar-refractivity contribution in [3.63, 3.8) is 0 Å². The summed E-state index contributed by atoms with van der Waals surface area (Å²) in [6.45, 7) is 8.53. The number of aliphatic hydroxyl groups excluding tert-OH is 1. The molecule has 1 radical (unpaired) electrons. The minimum absolute atomic E-state index is 0.110.